The number of aliphatic hydroxyl groups excluding tert-OH is 1. The lowest BCUT2D eigenvalue weighted by molar-refractivity contribution is -0.141. The first-order chi connectivity index (χ1) is 14.0. The Kier molecular flexibility index (Phi) is 20.0. The third kappa shape index (κ3) is 17.8. The summed E-state index contributed by atoms with van der Waals surface area (Å²) in [6.45, 7) is 2.24. The van der Waals surface area contributed by atoms with Gasteiger partial charge in [-0.2, -0.15) is 11.8 Å². The minimum absolute atomic E-state index is 0.103. The normalized spacial score (nSPS) is 13.1. The van der Waals surface area contributed by atoms with E-state index in [4.69, 9.17) is 4.74 Å². The van der Waals surface area contributed by atoms with Gasteiger partial charge in [0.25, 0.3) is 0 Å². The van der Waals surface area contributed by atoms with E-state index < -0.39 is 0 Å². The summed E-state index contributed by atoms with van der Waals surface area (Å²) in [5, 5.41) is 10.8. The second-order valence-corrected chi connectivity index (χ2v) is 9.09. The molecule has 1 N–H and O–H groups in total. The van der Waals surface area contributed by atoms with Crippen LogP contribution in [0.4, 0.5) is 0 Å². The van der Waals surface area contributed by atoms with Crippen LogP contribution in [-0.4, -0.2) is 48.4 Å². The van der Waals surface area contributed by atoms with Gasteiger partial charge in [-0.1, -0.05) is 71.1 Å². The van der Waals surface area contributed by atoms with Crippen molar-refractivity contribution in [1.82, 2.24) is 0 Å². The highest BCUT2D eigenvalue weighted by Crippen LogP contribution is 2.25. The van der Waals surface area contributed by atoms with Gasteiger partial charge in [-0.3, -0.25) is 9.59 Å². The van der Waals surface area contributed by atoms with E-state index in [9.17, 15) is 14.7 Å². The van der Waals surface area contributed by atoms with Gasteiger partial charge in [0.15, 0.2) is 0 Å². The highest BCUT2D eigenvalue weighted by atomic mass is 32.2. The summed E-state index contributed by atoms with van der Waals surface area (Å²) >= 11 is 1.65. The van der Waals surface area contributed by atoms with E-state index in [0.29, 0.717) is 18.6 Å². The summed E-state index contributed by atoms with van der Waals surface area (Å²) < 4.78 is 9.37. The number of ether oxygens (including phenoxy) is 2. The molecule has 0 fully saturated rings. The van der Waals surface area contributed by atoms with Crippen molar-refractivity contribution in [2.75, 3.05) is 20.0 Å². The van der Waals surface area contributed by atoms with Crippen molar-refractivity contribution >= 4 is 23.7 Å². The molecule has 0 aliphatic heterocycles. The van der Waals surface area contributed by atoms with Crippen molar-refractivity contribution in [2.45, 2.75) is 115 Å². The lowest BCUT2D eigenvalue weighted by Gasteiger charge is -2.22. The zero-order valence-electron chi connectivity index (χ0n) is 19.0. The number of carbonyl (C=O) groups excluding carboxylic acids is 2. The summed E-state index contributed by atoms with van der Waals surface area (Å²) in [4.78, 5) is 22.6. The summed E-state index contributed by atoms with van der Waals surface area (Å²) in [6.07, 6.45) is 15.2. The Balaban J connectivity index is 4.08. The van der Waals surface area contributed by atoms with Gasteiger partial charge in [-0.15, -0.1) is 0 Å². The molecule has 0 spiro atoms. The van der Waals surface area contributed by atoms with Gasteiger partial charge in [0, 0.05) is 17.4 Å². The molecule has 0 saturated heterocycles. The molecule has 0 aliphatic carbocycles. The number of aliphatic hydroxyl groups is 1. The Labute approximate surface area is 182 Å². The largest absolute Gasteiger partial charge is 0.469 e. The van der Waals surface area contributed by atoms with Crippen LogP contribution in [0.15, 0.2) is 0 Å². The third-order valence-corrected chi connectivity index (χ3v) is 6.66. The quantitative estimate of drug-likeness (QED) is 0.197. The predicted octanol–water partition coefficient (Wildman–Crippen LogP) is 5.67. The van der Waals surface area contributed by atoms with E-state index in [1.165, 1.54) is 65.6 Å². The van der Waals surface area contributed by atoms with Gasteiger partial charge in [0.05, 0.1) is 26.7 Å². The molecule has 0 aromatic heterocycles. The zero-order valence-corrected chi connectivity index (χ0v) is 19.8. The van der Waals surface area contributed by atoms with Gasteiger partial charge >= 0.3 is 11.9 Å². The van der Waals surface area contributed by atoms with Gasteiger partial charge in [-0.25, -0.2) is 0 Å². The smallest absolute Gasteiger partial charge is 0.306 e. The lowest BCUT2D eigenvalue weighted by atomic mass is 10.0. The molecule has 172 valence electrons. The molecule has 2 atom stereocenters. The van der Waals surface area contributed by atoms with E-state index in [-0.39, 0.29) is 23.3 Å². The zero-order chi connectivity index (χ0) is 21.7. The predicted molar refractivity (Wildman–Crippen MR) is 121 cm³/mol. The molecule has 0 unspecified atom stereocenters. The van der Waals surface area contributed by atoms with Gasteiger partial charge < -0.3 is 14.6 Å². The van der Waals surface area contributed by atoms with Crippen LogP contribution >= 0.6 is 11.8 Å². The van der Waals surface area contributed by atoms with Crippen molar-refractivity contribution in [3.8, 4) is 0 Å². The molecule has 0 heterocycles. The van der Waals surface area contributed by atoms with Crippen LogP contribution in [0.1, 0.15) is 103 Å². The highest BCUT2D eigenvalue weighted by Gasteiger charge is 2.20. The van der Waals surface area contributed by atoms with Gasteiger partial charge in [-0.05, 0) is 19.3 Å². The number of carbonyl (C=O) groups is 2. The van der Waals surface area contributed by atoms with Crippen LogP contribution in [0, 0.1) is 0 Å². The SMILES string of the molecule is CCCCCCCCCCC[C@H](O)[C@H](CCCCC(=O)OC)SCCC(=O)OC. The fourth-order valence-electron chi connectivity index (χ4n) is 3.35. The fourth-order valence-corrected chi connectivity index (χ4v) is 4.63. The fraction of sp³-hybridized carbons (Fsp3) is 0.913. The highest BCUT2D eigenvalue weighted by molar-refractivity contribution is 7.99. The van der Waals surface area contributed by atoms with Crippen LogP contribution in [0.2, 0.25) is 0 Å². The van der Waals surface area contributed by atoms with E-state index in [0.717, 1.165) is 32.1 Å². The Morgan fingerprint density at radius 2 is 1.28 bits per heavy atom. The summed E-state index contributed by atoms with van der Waals surface area (Å²) in [5.74, 6) is 0.258. The molecule has 0 saturated carbocycles. The van der Waals surface area contributed by atoms with E-state index in [2.05, 4.69) is 11.7 Å². The monoisotopic (exact) mass is 432 g/mol. The molecule has 0 radical (unpaired) electrons. The number of hydrogen-bond donors (Lipinski definition) is 1. The number of methoxy groups -OCH3 is 2. The van der Waals surface area contributed by atoms with E-state index >= 15 is 0 Å². The minimum Gasteiger partial charge on any atom is -0.469 e. The molecule has 0 aromatic rings. The molecule has 0 bridgehead atoms. The molecule has 0 rings (SSSR count). The average Bonchev–Trinajstić information content (AvgIpc) is 2.73. The van der Waals surface area contributed by atoms with Crippen molar-refractivity contribution in [3.63, 3.8) is 0 Å². The van der Waals surface area contributed by atoms with Crippen LogP contribution < -0.4 is 0 Å². The second kappa shape index (κ2) is 20.5. The van der Waals surface area contributed by atoms with Crippen LogP contribution in [0.25, 0.3) is 0 Å². The summed E-state index contributed by atoms with van der Waals surface area (Å²) in [5.41, 5.74) is 0. The lowest BCUT2D eigenvalue weighted by Crippen LogP contribution is -2.24. The van der Waals surface area contributed by atoms with Crippen molar-refractivity contribution in [1.29, 1.82) is 0 Å². The maximum absolute atomic E-state index is 11.3. The minimum atomic E-state index is -0.361. The number of unbranched alkanes of at least 4 members (excludes halogenated alkanes) is 9. The van der Waals surface area contributed by atoms with Crippen LogP contribution in [-0.2, 0) is 19.1 Å². The first-order valence-corrected chi connectivity index (χ1v) is 12.5. The summed E-state index contributed by atoms with van der Waals surface area (Å²) in [7, 11) is 2.80. The number of thioether (sulfide) groups is 1. The van der Waals surface area contributed by atoms with E-state index in [1.807, 2.05) is 0 Å². The molecule has 29 heavy (non-hydrogen) atoms. The van der Waals surface area contributed by atoms with E-state index in [1.54, 1.807) is 11.8 Å². The van der Waals surface area contributed by atoms with Crippen LogP contribution in [0.5, 0.6) is 0 Å². The Hall–Kier alpha value is -0.750. The van der Waals surface area contributed by atoms with Gasteiger partial charge in [0.2, 0.25) is 0 Å². The van der Waals surface area contributed by atoms with Crippen molar-refractivity contribution in [3.05, 3.63) is 0 Å². The molecule has 0 aromatic carbocycles. The second-order valence-electron chi connectivity index (χ2n) is 7.74. The number of hydrogen-bond acceptors (Lipinski definition) is 6. The molecule has 6 heteroatoms. The van der Waals surface area contributed by atoms with Crippen molar-refractivity contribution < 1.29 is 24.2 Å². The number of rotatable bonds is 20. The maximum atomic E-state index is 11.3. The van der Waals surface area contributed by atoms with Crippen LogP contribution in [0.3, 0.4) is 0 Å². The van der Waals surface area contributed by atoms with Gasteiger partial charge in [0.1, 0.15) is 0 Å². The molecule has 5 nitrogen and oxygen atoms in total. The average molecular weight is 433 g/mol. The topological polar surface area (TPSA) is 72.8 Å². The van der Waals surface area contributed by atoms with Crippen molar-refractivity contribution in [2.24, 2.45) is 0 Å². The molecule has 0 aliphatic rings. The molecular formula is C23H44O5S. The Morgan fingerprint density at radius 1 is 0.759 bits per heavy atom. The molecule has 0 amide bonds. The first kappa shape index (κ1) is 28.2. The summed E-state index contributed by atoms with van der Waals surface area (Å²) in [6, 6.07) is 0. The Morgan fingerprint density at radius 3 is 1.86 bits per heavy atom. The third-order valence-electron chi connectivity index (χ3n) is 5.25. The Bertz CT molecular complexity index is 403. The molecular weight excluding hydrogens is 388 g/mol. The number of esters is 2. The standard InChI is InChI=1S/C23H44O5S/c1-4-5-6-7-8-9-10-11-12-15-20(24)21(29-19-18-23(26)28-3)16-13-14-17-22(25)27-2/h20-21,24H,4-19H2,1-3H3/t20-,21-/m0/s1. The first-order valence-electron chi connectivity index (χ1n) is 11.5. The maximum Gasteiger partial charge on any atom is 0.306 e.